The van der Waals surface area contributed by atoms with Crippen LogP contribution in [0.25, 0.3) is 16.4 Å². The molecule has 1 N–H and O–H groups in total. The van der Waals surface area contributed by atoms with Gasteiger partial charge in [0.2, 0.25) is 0 Å². The molecule has 0 unspecified atom stereocenters. The number of halogens is 1. The van der Waals surface area contributed by atoms with Gasteiger partial charge in [0.25, 0.3) is 5.91 Å². The van der Waals surface area contributed by atoms with Crippen molar-refractivity contribution in [1.82, 2.24) is 25.3 Å². The van der Waals surface area contributed by atoms with Crippen LogP contribution in [0.15, 0.2) is 48.5 Å². The van der Waals surface area contributed by atoms with Gasteiger partial charge in [0.1, 0.15) is 15.6 Å². The van der Waals surface area contributed by atoms with Crippen LogP contribution >= 0.6 is 22.9 Å². The van der Waals surface area contributed by atoms with E-state index in [1.807, 2.05) is 63.2 Å². The number of hydrogen-bond acceptors (Lipinski definition) is 5. The maximum absolute atomic E-state index is 12.7. The Morgan fingerprint density at radius 2 is 1.83 bits per heavy atom. The van der Waals surface area contributed by atoms with Crippen molar-refractivity contribution in [2.24, 2.45) is 0 Å². The third-order valence-electron chi connectivity index (χ3n) is 4.78. The van der Waals surface area contributed by atoms with Crippen molar-refractivity contribution in [2.75, 3.05) is 0 Å². The second kappa shape index (κ2) is 8.38. The third kappa shape index (κ3) is 3.99. The summed E-state index contributed by atoms with van der Waals surface area (Å²) in [6.45, 7) is 6.17. The molecule has 0 bridgehead atoms. The maximum atomic E-state index is 12.7. The Morgan fingerprint density at radius 3 is 2.57 bits per heavy atom. The number of benzene rings is 2. The molecule has 0 saturated carbocycles. The average molecular weight is 438 g/mol. The van der Waals surface area contributed by atoms with E-state index >= 15 is 0 Å². The predicted octanol–water partition coefficient (Wildman–Crippen LogP) is 4.90. The summed E-state index contributed by atoms with van der Waals surface area (Å²) in [5, 5.41) is 12.8. The number of carbonyl (C=O) groups is 1. The fourth-order valence-corrected chi connectivity index (χ4v) is 4.29. The number of nitrogens with zero attached hydrogens (tertiary/aromatic N) is 4. The van der Waals surface area contributed by atoms with Crippen LogP contribution in [0, 0.1) is 20.8 Å². The van der Waals surface area contributed by atoms with Crippen molar-refractivity contribution >= 4 is 28.8 Å². The molecule has 4 aromatic rings. The Balaban J connectivity index is 1.56. The van der Waals surface area contributed by atoms with Gasteiger partial charge >= 0.3 is 0 Å². The Kier molecular flexibility index (Phi) is 5.65. The molecule has 0 spiro atoms. The summed E-state index contributed by atoms with van der Waals surface area (Å²) in [5.74, 6) is -0.181. The van der Waals surface area contributed by atoms with E-state index in [1.54, 1.807) is 10.7 Å². The van der Waals surface area contributed by atoms with E-state index < -0.39 is 0 Å². The molecule has 0 aliphatic rings. The van der Waals surface area contributed by atoms with Crippen molar-refractivity contribution in [3.8, 4) is 16.4 Å². The SMILES string of the molecule is Cc1ccc(-n2nnc(-c3nc(C)c(C(=O)NCc4ccccc4Cl)s3)c2C)cc1. The van der Waals surface area contributed by atoms with E-state index in [4.69, 9.17) is 11.6 Å². The van der Waals surface area contributed by atoms with Gasteiger partial charge in [-0.1, -0.05) is 52.7 Å². The lowest BCUT2D eigenvalue weighted by molar-refractivity contribution is 0.0954. The van der Waals surface area contributed by atoms with Gasteiger partial charge in [0.05, 0.1) is 17.1 Å². The van der Waals surface area contributed by atoms with Crippen molar-refractivity contribution in [3.05, 3.63) is 80.9 Å². The monoisotopic (exact) mass is 437 g/mol. The summed E-state index contributed by atoms with van der Waals surface area (Å²) >= 11 is 7.48. The van der Waals surface area contributed by atoms with Crippen molar-refractivity contribution < 1.29 is 4.79 Å². The minimum absolute atomic E-state index is 0.181. The zero-order chi connectivity index (χ0) is 21.3. The third-order valence-corrected chi connectivity index (χ3v) is 6.31. The first-order valence-electron chi connectivity index (χ1n) is 9.43. The topological polar surface area (TPSA) is 72.7 Å². The molecule has 152 valence electrons. The molecule has 2 aromatic heterocycles. The summed E-state index contributed by atoms with van der Waals surface area (Å²) < 4.78 is 1.78. The number of amides is 1. The van der Waals surface area contributed by atoms with Crippen molar-refractivity contribution in [3.63, 3.8) is 0 Å². The second-order valence-corrected chi connectivity index (χ2v) is 8.38. The number of nitrogens with one attached hydrogen (secondary N) is 1. The normalized spacial score (nSPS) is 10.9. The number of rotatable bonds is 5. The molecule has 1 amide bonds. The van der Waals surface area contributed by atoms with Gasteiger partial charge in [-0.3, -0.25) is 4.79 Å². The molecule has 6 nitrogen and oxygen atoms in total. The first-order valence-corrected chi connectivity index (χ1v) is 10.6. The molecular formula is C22H20ClN5OS. The van der Waals surface area contributed by atoms with Gasteiger partial charge in [-0.15, -0.1) is 16.4 Å². The Hall–Kier alpha value is -3.03. The fourth-order valence-electron chi connectivity index (χ4n) is 3.06. The molecule has 30 heavy (non-hydrogen) atoms. The lowest BCUT2D eigenvalue weighted by Gasteiger charge is -2.05. The van der Waals surface area contributed by atoms with E-state index in [9.17, 15) is 4.79 Å². The number of aromatic nitrogens is 4. The van der Waals surface area contributed by atoms with Gasteiger partial charge in [-0.05, 0) is 44.5 Å². The number of aryl methyl sites for hydroxylation is 2. The van der Waals surface area contributed by atoms with E-state index in [1.165, 1.54) is 16.9 Å². The molecule has 0 fully saturated rings. The molecule has 8 heteroatoms. The smallest absolute Gasteiger partial charge is 0.263 e. The van der Waals surface area contributed by atoms with Gasteiger partial charge in [-0.25, -0.2) is 9.67 Å². The highest BCUT2D eigenvalue weighted by Crippen LogP contribution is 2.29. The van der Waals surface area contributed by atoms with Crippen molar-refractivity contribution in [2.45, 2.75) is 27.3 Å². The van der Waals surface area contributed by atoms with E-state index in [0.29, 0.717) is 32.8 Å². The van der Waals surface area contributed by atoms with Crippen LogP contribution < -0.4 is 5.32 Å². The molecular weight excluding hydrogens is 418 g/mol. The Morgan fingerprint density at radius 1 is 1.10 bits per heavy atom. The zero-order valence-electron chi connectivity index (χ0n) is 16.8. The number of thiazole rings is 1. The number of carbonyl (C=O) groups excluding carboxylic acids is 1. The molecule has 2 heterocycles. The first kappa shape index (κ1) is 20.3. The standard InChI is InChI=1S/C22H20ClN5OS/c1-13-8-10-17(11-9-13)28-15(3)19(26-27-28)22-25-14(2)20(30-22)21(29)24-12-16-6-4-5-7-18(16)23/h4-11H,12H2,1-3H3,(H,24,29). The molecule has 0 aliphatic heterocycles. The van der Waals surface area contributed by atoms with Crippen LogP contribution in [0.3, 0.4) is 0 Å². The summed E-state index contributed by atoms with van der Waals surface area (Å²) in [7, 11) is 0. The largest absolute Gasteiger partial charge is 0.347 e. The van der Waals surface area contributed by atoms with Gasteiger partial charge in [0.15, 0.2) is 0 Å². The summed E-state index contributed by atoms with van der Waals surface area (Å²) in [6.07, 6.45) is 0. The van der Waals surface area contributed by atoms with E-state index in [2.05, 4.69) is 20.6 Å². The first-order chi connectivity index (χ1) is 14.4. The molecule has 4 rings (SSSR count). The highest BCUT2D eigenvalue weighted by molar-refractivity contribution is 7.17. The summed E-state index contributed by atoms with van der Waals surface area (Å²) in [6, 6.07) is 15.5. The Labute approximate surface area is 183 Å². The highest BCUT2D eigenvalue weighted by atomic mass is 35.5. The lowest BCUT2D eigenvalue weighted by atomic mass is 10.2. The van der Waals surface area contributed by atoms with Crippen LogP contribution in [0.2, 0.25) is 5.02 Å². The van der Waals surface area contributed by atoms with Gasteiger partial charge in [-0.2, -0.15) is 0 Å². The highest BCUT2D eigenvalue weighted by Gasteiger charge is 2.20. The minimum atomic E-state index is -0.181. The summed E-state index contributed by atoms with van der Waals surface area (Å²) in [4.78, 5) is 17.8. The van der Waals surface area contributed by atoms with Crippen LogP contribution in [-0.4, -0.2) is 25.9 Å². The van der Waals surface area contributed by atoms with Crippen LogP contribution in [0.5, 0.6) is 0 Å². The van der Waals surface area contributed by atoms with E-state index in [0.717, 1.165) is 16.9 Å². The second-order valence-electron chi connectivity index (χ2n) is 6.98. The maximum Gasteiger partial charge on any atom is 0.263 e. The summed E-state index contributed by atoms with van der Waals surface area (Å²) in [5.41, 5.74) is 5.19. The Bertz CT molecular complexity index is 1210. The van der Waals surface area contributed by atoms with Crippen molar-refractivity contribution in [1.29, 1.82) is 0 Å². The average Bonchev–Trinajstić information content (AvgIpc) is 3.30. The van der Waals surface area contributed by atoms with Crippen LogP contribution in [-0.2, 0) is 6.54 Å². The van der Waals surface area contributed by atoms with Gasteiger partial charge < -0.3 is 5.32 Å². The van der Waals surface area contributed by atoms with Crippen LogP contribution in [0.1, 0.15) is 32.2 Å². The molecule has 0 aliphatic carbocycles. The fraction of sp³-hybridized carbons (Fsp3) is 0.182. The minimum Gasteiger partial charge on any atom is -0.347 e. The molecule has 0 atom stereocenters. The van der Waals surface area contributed by atoms with Gasteiger partial charge in [0, 0.05) is 11.6 Å². The quantitative estimate of drug-likeness (QED) is 0.482. The lowest BCUT2D eigenvalue weighted by Crippen LogP contribution is -2.22. The molecule has 0 radical (unpaired) electrons. The predicted molar refractivity (Wildman–Crippen MR) is 119 cm³/mol. The van der Waals surface area contributed by atoms with Crippen LogP contribution in [0.4, 0.5) is 0 Å². The molecule has 0 saturated heterocycles. The molecule has 2 aromatic carbocycles. The zero-order valence-corrected chi connectivity index (χ0v) is 18.4. The van der Waals surface area contributed by atoms with E-state index in [-0.39, 0.29) is 5.91 Å². The number of hydrogen-bond donors (Lipinski definition) is 1.